The quantitative estimate of drug-likeness (QED) is 0.837. The molecule has 2 fully saturated rings. The van der Waals surface area contributed by atoms with Crippen molar-refractivity contribution in [2.45, 2.75) is 51.5 Å². The molecule has 1 saturated heterocycles. The summed E-state index contributed by atoms with van der Waals surface area (Å²) in [5.41, 5.74) is 0. The topological polar surface area (TPSA) is 64.0 Å². The van der Waals surface area contributed by atoms with Crippen LogP contribution in [0.5, 0.6) is 0 Å². The van der Waals surface area contributed by atoms with E-state index in [1.54, 1.807) is 0 Å². The third-order valence-corrected chi connectivity index (χ3v) is 5.65. The van der Waals surface area contributed by atoms with Gasteiger partial charge in [0.2, 0.25) is 0 Å². The Hall–Kier alpha value is -1.51. The minimum atomic E-state index is -0.0537. The van der Waals surface area contributed by atoms with Gasteiger partial charge in [0.15, 0.2) is 10.6 Å². The fraction of sp³-hybridized carbons (Fsp3) is 0.688. The lowest BCUT2D eigenvalue weighted by atomic mass is 9.93. The van der Waals surface area contributed by atoms with Crippen molar-refractivity contribution in [2.24, 2.45) is 5.92 Å². The highest BCUT2D eigenvalue weighted by Crippen LogP contribution is 2.36. The Balaban J connectivity index is 1.52. The summed E-state index contributed by atoms with van der Waals surface area (Å²) in [6.45, 7) is 4.94. The van der Waals surface area contributed by atoms with E-state index in [2.05, 4.69) is 26.5 Å². The van der Waals surface area contributed by atoms with Gasteiger partial charge in [-0.05, 0) is 37.4 Å². The van der Waals surface area contributed by atoms with Crippen LogP contribution in [0.15, 0.2) is 18.7 Å². The number of imidazole rings is 1. The Morgan fingerprint density at radius 1 is 1.33 bits per heavy atom. The van der Waals surface area contributed by atoms with Crippen LogP contribution in [0, 0.1) is 10.7 Å². The Morgan fingerprint density at radius 3 is 2.83 bits per heavy atom. The van der Waals surface area contributed by atoms with E-state index in [0.29, 0.717) is 30.5 Å². The Bertz CT molecular complexity index is 747. The van der Waals surface area contributed by atoms with E-state index >= 15 is 0 Å². The second kappa shape index (κ2) is 6.42. The van der Waals surface area contributed by atoms with Gasteiger partial charge in [-0.15, -0.1) is 0 Å². The molecule has 2 aromatic rings. The Labute approximate surface area is 146 Å². The number of hydrogen-bond donors (Lipinski definition) is 1. The van der Waals surface area contributed by atoms with Gasteiger partial charge in [0.25, 0.3) is 0 Å². The van der Waals surface area contributed by atoms with Gasteiger partial charge in [0, 0.05) is 37.6 Å². The first-order chi connectivity index (χ1) is 11.7. The van der Waals surface area contributed by atoms with Crippen LogP contribution in [0.25, 0.3) is 0 Å². The number of nitrogens with zero attached hydrogens (tertiary/aromatic N) is 6. The highest BCUT2D eigenvalue weighted by Gasteiger charge is 2.30. The lowest BCUT2D eigenvalue weighted by molar-refractivity contribution is 0.0983. The molecule has 0 spiro atoms. The number of likely N-dealkylation sites (tertiary alicyclic amines) is 1. The molecule has 2 aliphatic rings. The van der Waals surface area contributed by atoms with Crippen molar-refractivity contribution in [1.29, 1.82) is 0 Å². The molecule has 2 aromatic heterocycles. The highest BCUT2D eigenvalue weighted by molar-refractivity contribution is 7.71. The Kier molecular flexibility index (Phi) is 4.28. The van der Waals surface area contributed by atoms with Crippen LogP contribution >= 0.6 is 12.2 Å². The molecular formula is C16H24N6OS. The number of piperidine rings is 1. The van der Waals surface area contributed by atoms with E-state index in [1.165, 1.54) is 0 Å². The molecular weight excluding hydrogens is 324 g/mol. The van der Waals surface area contributed by atoms with Crippen molar-refractivity contribution in [3.05, 3.63) is 29.3 Å². The monoisotopic (exact) mass is 348 g/mol. The normalized spacial score (nSPS) is 25.2. The lowest BCUT2D eigenvalue weighted by Gasteiger charge is -2.37. The van der Waals surface area contributed by atoms with E-state index in [1.807, 2.05) is 28.0 Å². The fourth-order valence-corrected chi connectivity index (χ4v) is 4.00. The average molecular weight is 348 g/mol. The maximum absolute atomic E-state index is 9.57. The van der Waals surface area contributed by atoms with Gasteiger partial charge in [0.1, 0.15) is 6.61 Å². The van der Waals surface area contributed by atoms with E-state index in [9.17, 15) is 5.11 Å². The van der Waals surface area contributed by atoms with Crippen LogP contribution in [0.4, 0.5) is 0 Å². The second-order valence-electron chi connectivity index (χ2n) is 7.02. The predicted octanol–water partition coefficient (Wildman–Crippen LogP) is 1.98. The van der Waals surface area contributed by atoms with Crippen molar-refractivity contribution < 1.29 is 5.11 Å². The third kappa shape index (κ3) is 2.94. The first-order valence-electron chi connectivity index (χ1n) is 8.66. The summed E-state index contributed by atoms with van der Waals surface area (Å²) in [6, 6.07) is 0.867. The maximum Gasteiger partial charge on any atom is 0.199 e. The zero-order valence-electron chi connectivity index (χ0n) is 14.0. The minimum Gasteiger partial charge on any atom is -0.388 e. The standard InChI is InChI=1S/C16H24N6OS/c1-12-4-6-19(8-14(12)20-7-5-17-10-20)11-21-16(24)22(13-2-3-13)15(9-23)18-21/h5,7,10,12-14,23H,2-4,6,8-9,11H2,1H3. The first-order valence-corrected chi connectivity index (χ1v) is 9.07. The van der Waals surface area contributed by atoms with Crippen LogP contribution in [-0.2, 0) is 13.3 Å². The molecule has 4 rings (SSSR count). The summed E-state index contributed by atoms with van der Waals surface area (Å²) < 4.78 is 6.85. The SMILES string of the molecule is CC1CCN(Cn2nc(CO)n(C3CC3)c2=S)CC1n1ccnc1. The van der Waals surface area contributed by atoms with Crippen molar-refractivity contribution in [3.63, 3.8) is 0 Å². The molecule has 1 aliphatic carbocycles. The molecule has 0 aromatic carbocycles. The van der Waals surface area contributed by atoms with E-state index < -0.39 is 0 Å². The molecule has 130 valence electrons. The van der Waals surface area contributed by atoms with Crippen LogP contribution in [0.2, 0.25) is 0 Å². The smallest absolute Gasteiger partial charge is 0.199 e. The van der Waals surface area contributed by atoms with E-state index in [4.69, 9.17) is 12.2 Å². The molecule has 2 atom stereocenters. The van der Waals surface area contributed by atoms with E-state index in [0.717, 1.165) is 37.1 Å². The zero-order chi connectivity index (χ0) is 16.7. The van der Waals surface area contributed by atoms with E-state index in [-0.39, 0.29) is 6.61 Å². The fourth-order valence-electron chi connectivity index (χ4n) is 3.65. The van der Waals surface area contributed by atoms with Gasteiger partial charge < -0.3 is 9.67 Å². The van der Waals surface area contributed by atoms with Gasteiger partial charge in [-0.1, -0.05) is 6.92 Å². The lowest BCUT2D eigenvalue weighted by Crippen LogP contribution is -2.41. The second-order valence-corrected chi connectivity index (χ2v) is 7.38. The molecule has 2 unspecified atom stereocenters. The number of rotatable bonds is 5. The van der Waals surface area contributed by atoms with Gasteiger partial charge in [-0.25, -0.2) is 9.67 Å². The van der Waals surface area contributed by atoms with Crippen molar-refractivity contribution >= 4 is 12.2 Å². The summed E-state index contributed by atoms with van der Waals surface area (Å²) in [5, 5.41) is 14.1. The summed E-state index contributed by atoms with van der Waals surface area (Å²) in [5.74, 6) is 1.32. The van der Waals surface area contributed by atoms with Crippen LogP contribution in [0.3, 0.4) is 0 Å². The predicted molar refractivity (Wildman–Crippen MR) is 91.9 cm³/mol. The first kappa shape index (κ1) is 16.0. The van der Waals surface area contributed by atoms with Gasteiger partial charge in [0.05, 0.1) is 13.0 Å². The van der Waals surface area contributed by atoms with Crippen molar-refractivity contribution in [2.75, 3.05) is 13.1 Å². The largest absolute Gasteiger partial charge is 0.388 e. The number of aliphatic hydroxyl groups is 1. The maximum atomic E-state index is 9.57. The van der Waals surface area contributed by atoms with Crippen LogP contribution in [0.1, 0.15) is 44.1 Å². The molecule has 3 heterocycles. The Morgan fingerprint density at radius 2 is 2.17 bits per heavy atom. The van der Waals surface area contributed by atoms with Gasteiger partial charge >= 0.3 is 0 Å². The van der Waals surface area contributed by atoms with Gasteiger partial charge in [-0.2, -0.15) is 5.10 Å². The number of aliphatic hydroxyl groups excluding tert-OH is 1. The number of hydrogen-bond acceptors (Lipinski definition) is 5. The van der Waals surface area contributed by atoms with Crippen LogP contribution < -0.4 is 0 Å². The summed E-state index contributed by atoms with van der Waals surface area (Å²) >= 11 is 5.61. The van der Waals surface area contributed by atoms with Crippen molar-refractivity contribution in [3.8, 4) is 0 Å². The minimum absolute atomic E-state index is 0.0537. The molecule has 0 bridgehead atoms. The molecule has 24 heavy (non-hydrogen) atoms. The molecule has 1 saturated carbocycles. The van der Waals surface area contributed by atoms with Gasteiger partial charge in [-0.3, -0.25) is 9.47 Å². The van der Waals surface area contributed by atoms with Crippen LogP contribution in [-0.4, -0.2) is 47.0 Å². The molecule has 0 amide bonds. The summed E-state index contributed by atoms with van der Waals surface area (Å²) in [4.78, 5) is 6.58. The molecule has 0 radical (unpaired) electrons. The van der Waals surface area contributed by atoms with Crippen molar-refractivity contribution in [1.82, 2.24) is 28.8 Å². The zero-order valence-corrected chi connectivity index (χ0v) is 14.8. The highest BCUT2D eigenvalue weighted by atomic mass is 32.1. The number of aromatic nitrogens is 5. The average Bonchev–Trinajstić information content (AvgIpc) is 3.16. The summed E-state index contributed by atoms with van der Waals surface area (Å²) in [7, 11) is 0. The molecule has 8 heteroatoms. The summed E-state index contributed by atoms with van der Waals surface area (Å²) in [6.07, 6.45) is 9.21. The molecule has 7 nitrogen and oxygen atoms in total. The molecule has 1 N–H and O–H groups in total. The third-order valence-electron chi connectivity index (χ3n) is 5.24. The molecule has 1 aliphatic heterocycles.